The summed E-state index contributed by atoms with van der Waals surface area (Å²) in [5, 5.41) is 17.8. The zero-order valence-electron chi connectivity index (χ0n) is 7.56. The summed E-state index contributed by atoms with van der Waals surface area (Å²) in [5.74, 6) is 0. The average molecular weight is 188 g/mol. The SMILES string of the molecule is C=CCOC(OCC=C)C(O)CO. The quantitative estimate of drug-likeness (QED) is 0.418. The second-order valence-electron chi connectivity index (χ2n) is 2.36. The fourth-order valence-electron chi connectivity index (χ4n) is 0.682. The molecular formula is C9H16O4. The summed E-state index contributed by atoms with van der Waals surface area (Å²) in [5.41, 5.74) is 0. The topological polar surface area (TPSA) is 58.9 Å². The van der Waals surface area contributed by atoms with Crippen LogP contribution in [0.15, 0.2) is 25.3 Å². The molecule has 0 radical (unpaired) electrons. The average Bonchev–Trinajstić information content (AvgIpc) is 2.17. The van der Waals surface area contributed by atoms with Gasteiger partial charge in [-0.1, -0.05) is 12.2 Å². The molecule has 0 spiro atoms. The monoisotopic (exact) mass is 188 g/mol. The normalized spacial score (nSPS) is 12.8. The van der Waals surface area contributed by atoms with E-state index in [9.17, 15) is 5.11 Å². The summed E-state index contributed by atoms with van der Waals surface area (Å²) in [7, 11) is 0. The Kier molecular flexibility index (Phi) is 7.53. The Morgan fingerprint density at radius 3 is 1.92 bits per heavy atom. The second kappa shape index (κ2) is 7.94. The predicted molar refractivity (Wildman–Crippen MR) is 49.2 cm³/mol. The number of ether oxygens (including phenoxy) is 2. The van der Waals surface area contributed by atoms with Gasteiger partial charge in [-0.05, 0) is 0 Å². The lowest BCUT2D eigenvalue weighted by Gasteiger charge is -2.20. The van der Waals surface area contributed by atoms with Crippen LogP contribution in [0, 0.1) is 0 Å². The zero-order chi connectivity index (χ0) is 10.1. The van der Waals surface area contributed by atoms with Gasteiger partial charge in [-0.2, -0.15) is 0 Å². The highest BCUT2D eigenvalue weighted by molar-refractivity contribution is 4.69. The summed E-state index contributed by atoms with van der Waals surface area (Å²) in [6.45, 7) is 7.03. The fraction of sp³-hybridized carbons (Fsp3) is 0.556. The Bertz CT molecular complexity index is 135. The van der Waals surface area contributed by atoms with E-state index in [1.165, 1.54) is 12.2 Å². The van der Waals surface area contributed by atoms with Crippen LogP contribution in [0.1, 0.15) is 0 Å². The predicted octanol–water partition coefficient (Wildman–Crippen LogP) is 0.0709. The molecule has 0 aromatic carbocycles. The van der Waals surface area contributed by atoms with E-state index in [2.05, 4.69) is 13.2 Å². The molecule has 4 nitrogen and oxygen atoms in total. The number of hydrogen-bond acceptors (Lipinski definition) is 4. The molecule has 0 heterocycles. The van der Waals surface area contributed by atoms with Crippen molar-refractivity contribution >= 4 is 0 Å². The molecule has 0 bridgehead atoms. The van der Waals surface area contributed by atoms with Crippen molar-refractivity contribution in [2.24, 2.45) is 0 Å². The van der Waals surface area contributed by atoms with Crippen molar-refractivity contribution in [3.63, 3.8) is 0 Å². The van der Waals surface area contributed by atoms with Gasteiger partial charge in [0.25, 0.3) is 0 Å². The van der Waals surface area contributed by atoms with Crippen LogP contribution >= 0.6 is 0 Å². The van der Waals surface area contributed by atoms with Gasteiger partial charge in [0.15, 0.2) is 6.29 Å². The minimum Gasteiger partial charge on any atom is -0.393 e. The molecule has 1 unspecified atom stereocenters. The molecule has 0 aliphatic heterocycles. The molecule has 0 amide bonds. The highest BCUT2D eigenvalue weighted by Crippen LogP contribution is 2.01. The van der Waals surface area contributed by atoms with Crippen molar-refractivity contribution < 1.29 is 19.7 Å². The van der Waals surface area contributed by atoms with E-state index in [4.69, 9.17) is 14.6 Å². The van der Waals surface area contributed by atoms with Crippen LogP contribution in [0.2, 0.25) is 0 Å². The van der Waals surface area contributed by atoms with E-state index < -0.39 is 19.0 Å². The molecule has 0 rings (SSSR count). The van der Waals surface area contributed by atoms with E-state index in [0.717, 1.165) is 0 Å². The summed E-state index contributed by atoms with van der Waals surface area (Å²) in [6.07, 6.45) is 1.20. The van der Waals surface area contributed by atoms with Gasteiger partial charge in [-0.3, -0.25) is 0 Å². The molecule has 13 heavy (non-hydrogen) atoms. The molecule has 0 aliphatic carbocycles. The maximum Gasteiger partial charge on any atom is 0.186 e. The Balaban J connectivity index is 3.85. The second-order valence-corrected chi connectivity index (χ2v) is 2.36. The van der Waals surface area contributed by atoms with E-state index in [1.807, 2.05) is 0 Å². The van der Waals surface area contributed by atoms with Crippen molar-refractivity contribution in [1.82, 2.24) is 0 Å². The molecule has 1 atom stereocenters. The molecule has 0 saturated heterocycles. The largest absolute Gasteiger partial charge is 0.393 e. The van der Waals surface area contributed by atoms with Gasteiger partial charge in [-0.25, -0.2) is 0 Å². The first-order chi connectivity index (χ1) is 6.26. The van der Waals surface area contributed by atoms with Crippen LogP contribution in [-0.4, -0.2) is 42.4 Å². The summed E-state index contributed by atoms with van der Waals surface area (Å²) >= 11 is 0. The highest BCUT2D eigenvalue weighted by atomic mass is 16.7. The molecule has 0 aliphatic rings. The van der Waals surface area contributed by atoms with Gasteiger partial charge in [0, 0.05) is 0 Å². The molecule has 4 heteroatoms. The van der Waals surface area contributed by atoms with E-state index >= 15 is 0 Å². The highest BCUT2D eigenvalue weighted by Gasteiger charge is 2.18. The first kappa shape index (κ1) is 12.3. The van der Waals surface area contributed by atoms with Gasteiger partial charge in [0.1, 0.15) is 6.10 Å². The van der Waals surface area contributed by atoms with Crippen LogP contribution in [0.25, 0.3) is 0 Å². The Hall–Kier alpha value is -0.680. The maximum atomic E-state index is 9.20. The molecule has 2 N–H and O–H groups in total. The van der Waals surface area contributed by atoms with Gasteiger partial charge in [0.05, 0.1) is 19.8 Å². The van der Waals surface area contributed by atoms with Crippen LogP contribution in [-0.2, 0) is 9.47 Å². The molecule has 0 saturated carbocycles. The number of aliphatic hydroxyl groups excluding tert-OH is 2. The zero-order valence-corrected chi connectivity index (χ0v) is 7.56. The Morgan fingerprint density at radius 1 is 1.15 bits per heavy atom. The summed E-state index contributed by atoms with van der Waals surface area (Å²) in [6, 6.07) is 0. The lowest BCUT2D eigenvalue weighted by Crippen LogP contribution is -2.34. The minimum atomic E-state index is -1.04. The van der Waals surface area contributed by atoms with Crippen molar-refractivity contribution in [3.8, 4) is 0 Å². The Labute approximate surface area is 78.1 Å². The van der Waals surface area contributed by atoms with Crippen molar-refractivity contribution in [2.75, 3.05) is 19.8 Å². The maximum absolute atomic E-state index is 9.20. The Morgan fingerprint density at radius 2 is 1.62 bits per heavy atom. The van der Waals surface area contributed by atoms with Crippen LogP contribution in [0.3, 0.4) is 0 Å². The third-order valence-corrected chi connectivity index (χ3v) is 1.26. The molecule has 0 fully saturated rings. The van der Waals surface area contributed by atoms with E-state index in [-0.39, 0.29) is 13.2 Å². The molecule has 0 aromatic heterocycles. The van der Waals surface area contributed by atoms with Crippen LogP contribution in [0.5, 0.6) is 0 Å². The van der Waals surface area contributed by atoms with Crippen LogP contribution in [0.4, 0.5) is 0 Å². The first-order valence-corrected chi connectivity index (χ1v) is 4.00. The van der Waals surface area contributed by atoms with Crippen molar-refractivity contribution in [1.29, 1.82) is 0 Å². The standard InChI is InChI=1S/C9H16O4/c1-3-5-12-9(8(11)7-10)13-6-4-2/h3-4,8-11H,1-2,5-7H2. The summed E-state index contributed by atoms with van der Waals surface area (Å²) in [4.78, 5) is 0. The fourth-order valence-corrected chi connectivity index (χ4v) is 0.682. The minimum absolute atomic E-state index is 0.263. The van der Waals surface area contributed by atoms with Gasteiger partial charge in [0.2, 0.25) is 0 Å². The smallest absolute Gasteiger partial charge is 0.186 e. The molecule has 76 valence electrons. The summed E-state index contributed by atoms with van der Waals surface area (Å²) < 4.78 is 10.1. The van der Waals surface area contributed by atoms with Gasteiger partial charge in [-0.15, -0.1) is 13.2 Å². The lowest BCUT2D eigenvalue weighted by atomic mass is 10.3. The van der Waals surface area contributed by atoms with Gasteiger partial charge >= 0.3 is 0 Å². The lowest BCUT2D eigenvalue weighted by molar-refractivity contribution is -0.190. The third-order valence-electron chi connectivity index (χ3n) is 1.26. The third kappa shape index (κ3) is 5.54. The number of hydrogen-bond donors (Lipinski definition) is 2. The molecule has 0 aromatic rings. The van der Waals surface area contributed by atoms with Crippen molar-refractivity contribution in [3.05, 3.63) is 25.3 Å². The van der Waals surface area contributed by atoms with Gasteiger partial charge < -0.3 is 19.7 Å². The number of rotatable bonds is 8. The van der Waals surface area contributed by atoms with Crippen LogP contribution < -0.4 is 0 Å². The number of aliphatic hydroxyl groups is 2. The molecular weight excluding hydrogens is 172 g/mol. The first-order valence-electron chi connectivity index (χ1n) is 4.00. The van der Waals surface area contributed by atoms with Crippen molar-refractivity contribution in [2.45, 2.75) is 12.4 Å². The van der Waals surface area contributed by atoms with E-state index in [1.54, 1.807) is 0 Å². The van der Waals surface area contributed by atoms with E-state index in [0.29, 0.717) is 0 Å².